The molecule has 6 nitrogen and oxygen atoms in total. The van der Waals surface area contributed by atoms with E-state index in [1.54, 1.807) is 12.1 Å². The van der Waals surface area contributed by atoms with Gasteiger partial charge in [-0.1, -0.05) is 18.2 Å². The third kappa shape index (κ3) is 4.85. The standard InChI is InChI=1S/C21H22N2O2.CH2O2/c1-15-11-21(17-3-2-4-18(24)13-17)22-20-6-5-16(12-19(15)20)14-23-7-9-25-10-8-23;2-1-3/h2-6,11-13,24H,7-10,14H2,1H3;1H,(H,2,3). The van der Waals surface area contributed by atoms with Crippen LogP contribution in [0.25, 0.3) is 22.2 Å². The number of ether oxygens (including phenoxy) is 1. The molecule has 28 heavy (non-hydrogen) atoms. The molecule has 2 heterocycles. The van der Waals surface area contributed by atoms with Crippen LogP contribution in [-0.4, -0.2) is 52.9 Å². The average molecular weight is 380 g/mol. The number of pyridine rings is 1. The zero-order valence-corrected chi connectivity index (χ0v) is 15.8. The van der Waals surface area contributed by atoms with Gasteiger partial charge in [0.1, 0.15) is 5.75 Å². The van der Waals surface area contributed by atoms with Gasteiger partial charge in [-0.2, -0.15) is 0 Å². The van der Waals surface area contributed by atoms with Gasteiger partial charge in [0.25, 0.3) is 6.47 Å². The van der Waals surface area contributed by atoms with E-state index >= 15 is 0 Å². The number of benzene rings is 2. The van der Waals surface area contributed by atoms with Gasteiger partial charge in [0.2, 0.25) is 0 Å². The van der Waals surface area contributed by atoms with Gasteiger partial charge >= 0.3 is 0 Å². The van der Waals surface area contributed by atoms with Crippen LogP contribution in [-0.2, 0) is 16.1 Å². The fourth-order valence-corrected chi connectivity index (χ4v) is 3.37. The van der Waals surface area contributed by atoms with Crippen LogP contribution in [0.3, 0.4) is 0 Å². The second-order valence-corrected chi connectivity index (χ2v) is 6.72. The Kier molecular flexibility index (Phi) is 6.57. The Morgan fingerprint density at radius 1 is 1.14 bits per heavy atom. The van der Waals surface area contributed by atoms with Crippen molar-refractivity contribution in [1.82, 2.24) is 9.88 Å². The number of morpholine rings is 1. The number of carboxylic acid groups (broad SMARTS) is 1. The minimum absolute atomic E-state index is 0.250. The van der Waals surface area contributed by atoms with Gasteiger partial charge in [-0.05, 0) is 48.4 Å². The van der Waals surface area contributed by atoms with E-state index in [2.05, 4.69) is 36.1 Å². The molecule has 1 aromatic heterocycles. The highest BCUT2D eigenvalue weighted by molar-refractivity contribution is 5.85. The van der Waals surface area contributed by atoms with Crippen molar-refractivity contribution in [3.05, 3.63) is 59.7 Å². The lowest BCUT2D eigenvalue weighted by atomic mass is 10.0. The first kappa shape index (κ1) is 19.8. The molecular weight excluding hydrogens is 356 g/mol. The number of hydrogen-bond donors (Lipinski definition) is 2. The summed E-state index contributed by atoms with van der Waals surface area (Å²) < 4.78 is 5.42. The fourth-order valence-electron chi connectivity index (χ4n) is 3.37. The lowest BCUT2D eigenvalue weighted by Gasteiger charge is -2.26. The van der Waals surface area contributed by atoms with Crippen LogP contribution >= 0.6 is 0 Å². The number of carbonyl (C=O) groups is 1. The lowest BCUT2D eigenvalue weighted by molar-refractivity contribution is -0.122. The maximum absolute atomic E-state index is 9.71. The number of aromatic hydroxyl groups is 1. The number of rotatable bonds is 3. The lowest BCUT2D eigenvalue weighted by Crippen LogP contribution is -2.35. The molecule has 4 rings (SSSR count). The summed E-state index contributed by atoms with van der Waals surface area (Å²) in [6.07, 6.45) is 0. The molecule has 146 valence electrons. The van der Waals surface area contributed by atoms with E-state index in [4.69, 9.17) is 19.6 Å². The third-order valence-corrected chi connectivity index (χ3v) is 4.73. The highest BCUT2D eigenvalue weighted by Gasteiger charge is 2.12. The minimum Gasteiger partial charge on any atom is -0.508 e. The van der Waals surface area contributed by atoms with Crippen molar-refractivity contribution >= 4 is 17.4 Å². The summed E-state index contributed by atoms with van der Waals surface area (Å²) >= 11 is 0. The zero-order valence-electron chi connectivity index (χ0n) is 15.8. The van der Waals surface area contributed by atoms with Crippen molar-refractivity contribution in [1.29, 1.82) is 0 Å². The van der Waals surface area contributed by atoms with E-state index < -0.39 is 0 Å². The van der Waals surface area contributed by atoms with Crippen molar-refractivity contribution < 1.29 is 19.7 Å². The Bertz CT molecular complexity index is 952. The summed E-state index contributed by atoms with van der Waals surface area (Å²) in [6, 6.07) is 15.9. The van der Waals surface area contributed by atoms with Crippen LogP contribution in [0.5, 0.6) is 5.75 Å². The Morgan fingerprint density at radius 2 is 1.89 bits per heavy atom. The number of hydrogen-bond acceptors (Lipinski definition) is 5. The first-order valence-electron chi connectivity index (χ1n) is 9.18. The average Bonchev–Trinajstić information content (AvgIpc) is 2.70. The number of phenolic OH excluding ortho intramolecular Hbond substituents is 1. The molecule has 0 unspecified atom stereocenters. The van der Waals surface area contributed by atoms with Crippen LogP contribution < -0.4 is 0 Å². The van der Waals surface area contributed by atoms with Crippen LogP contribution in [0.2, 0.25) is 0 Å². The molecule has 2 N–H and O–H groups in total. The topological polar surface area (TPSA) is 82.9 Å². The second-order valence-electron chi connectivity index (χ2n) is 6.72. The van der Waals surface area contributed by atoms with Crippen LogP contribution in [0.4, 0.5) is 0 Å². The SMILES string of the molecule is Cc1cc(-c2cccc(O)c2)nc2ccc(CN3CCOCC3)cc12.O=CO. The van der Waals surface area contributed by atoms with E-state index in [9.17, 15) is 5.11 Å². The largest absolute Gasteiger partial charge is 0.508 e. The molecule has 1 fully saturated rings. The Labute approximate surface area is 164 Å². The van der Waals surface area contributed by atoms with Gasteiger partial charge in [0.05, 0.1) is 24.4 Å². The Morgan fingerprint density at radius 3 is 2.61 bits per heavy atom. The molecule has 2 aromatic carbocycles. The fraction of sp³-hybridized carbons (Fsp3) is 0.273. The number of aromatic nitrogens is 1. The summed E-state index contributed by atoms with van der Waals surface area (Å²) in [7, 11) is 0. The minimum atomic E-state index is -0.250. The summed E-state index contributed by atoms with van der Waals surface area (Å²) in [5.74, 6) is 0.262. The van der Waals surface area contributed by atoms with E-state index in [-0.39, 0.29) is 12.2 Å². The van der Waals surface area contributed by atoms with Gasteiger partial charge in [-0.25, -0.2) is 4.98 Å². The Balaban J connectivity index is 0.000000706. The molecule has 0 spiro atoms. The summed E-state index contributed by atoms with van der Waals surface area (Å²) in [5, 5.41) is 17.8. The molecule has 1 saturated heterocycles. The maximum atomic E-state index is 9.71. The molecule has 0 bridgehead atoms. The summed E-state index contributed by atoms with van der Waals surface area (Å²) in [6.45, 7) is 6.45. The van der Waals surface area contributed by atoms with Crippen LogP contribution in [0, 0.1) is 6.92 Å². The second kappa shape index (κ2) is 9.30. The van der Waals surface area contributed by atoms with Gasteiger partial charge < -0.3 is 14.9 Å². The molecule has 0 amide bonds. The van der Waals surface area contributed by atoms with Gasteiger partial charge in [-0.15, -0.1) is 0 Å². The summed E-state index contributed by atoms with van der Waals surface area (Å²) in [5.41, 5.74) is 5.32. The summed E-state index contributed by atoms with van der Waals surface area (Å²) in [4.78, 5) is 15.6. The van der Waals surface area contributed by atoms with Gasteiger partial charge in [0, 0.05) is 30.6 Å². The van der Waals surface area contributed by atoms with E-state index in [0.717, 1.165) is 49.6 Å². The molecule has 0 atom stereocenters. The number of nitrogens with zero attached hydrogens (tertiary/aromatic N) is 2. The molecular formula is C22H24N2O4. The number of phenols is 1. The number of fused-ring (bicyclic) bond motifs is 1. The van der Waals surface area contributed by atoms with Crippen LogP contribution in [0.1, 0.15) is 11.1 Å². The normalized spacial score (nSPS) is 14.3. The third-order valence-electron chi connectivity index (χ3n) is 4.73. The highest BCUT2D eigenvalue weighted by Crippen LogP contribution is 2.27. The first-order chi connectivity index (χ1) is 13.6. The van der Waals surface area contributed by atoms with Crippen molar-refractivity contribution in [2.24, 2.45) is 0 Å². The smallest absolute Gasteiger partial charge is 0.290 e. The van der Waals surface area contributed by atoms with Crippen molar-refractivity contribution in [3.8, 4) is 17.0 Å². The van der Waals surface area contributed by atoms with Crippen molar-refractivity contribution in [2.75, 3.05) is 26.3 Å². The molecule has 0 saturated carbocycles. The van der Waals surface area contributed by atoms with Crippen LogP contribution in [0.15, 0.2) is 48.5 Å². The van der Waals surface area contributed by atoms with E-state index in [1.807, 2.05) is 12.1 Å². The monoisotopic (exact) mass is 380 g/mol. The van der Waals surface area contributed by atoms with Gasteiger partial charge in [-0.3, -0.25) is 9.69 Å². The Hall–Kier alpha value is -2.96. The number of aryl methyl sites for hydroxylation is 1. The molecule has 6 heteroatoms. The first-order valence-corrected chi connectivity index (χ1v) is 9.18. The zero-order chi connectivity index (χ0) is 19.9. The maximum Gasteiger partial charge on any atom is 0.290 e. The molecule has 0 aliphatic carbocycles. The highest BCUT2D eigenvalue weighted by atomic mass is 16.5. The quantitative estimate of drug-likeness (QED) is 0.677. The molecule has 1 aliphatic rings. The van der Waals surface area contributed by atoms with Gasteiger partial charge in [0.15, 0.2) is 0 Å². The molecule has 1 aliphatic heterocycles. The molecule has 0 radical (unpaired) electrons. The van der Waals surface area contributed by atoms with Crippen molar-refractivity contribution in [3.63, 3.8) is 0 Å². The van der Waals surface area contributed by atoms with E-state index in [0.29, 0.717) is 0 Å². The predicted molar refractivity (Wildman–Crippen MR) is 108 cm³/mol. The van der Waals surface area contributed by atoms with E-state index in [1.165, 1.54) is 16.5 Å². The predicted octanol–water partition coefficient (Wildman–Crippen LogP) is 3.45. The van der Waals surface area contributed by atoms with Crippen molar-refractivity contribution in [2.45, 2.75) is 13.5 Å². The molecule has 3 aromatic rings.